The number of nitrogens with one attached hydrogen (secondary N) is 2. The third kappa shape index (κ3) is 6.86. The van der Waals surface area contributed by atoms with Crippen molar-refractivity contribution in [3.63, 3.8) is 0 Å². The average molecular weight is 427 g/mol. The molecule has 3 rings (SSSR count). The highest BCUT2D eigenvalue weighted by atomic mass is 19.1. The summed E-state index contributed by atoms with van der Waals surface area (Å²) in [6, 6.07) is 14.4. The van der Waals surface area contributed by atoms with Crippen molar-refractivity contribution < 1.29 is 18.4 Å². The van der Waals surface area contributed by atoms with Gasteiger partial charge in [0.25, 0.3) is 0 Å². The van der Waals surface area contributed by atoms with Crippen LogP contribution in [0.5, 0.6) is 0 Å². The molecule has 5 nitrogen and oxygen atoms in total. The van der Waals surface area contributed by atoms with Crippen molar-refractivity contribution in [2.24, 2.45) is 5.73 Å². The maximum atomic E-state index is 13.3. The zero-order valence-electron chi connectivity index (χ0n) is 17.5. The van der Waals surface area contributed by atoms with E-state index in [1.165, 1.54) is 24.3 Å². The summed E-state index contributed by atoms with van der Waals surface area (Å²) < 4.78 is 26.6. The second-order valence-electron chi connectivity index (χ2n) is 7.14. The Bertz CT molecular complexity index is 969. The third-order valence-corrected chi connectivity index (χ3v) is 4.82. The molecule has 0 radical (unpaired) electrons. The lowest BCUT2D eigenvalue weighted by atomic mass is 10.0. The van der Waals surface area contributed by atoms with E-state index in [-0.39, 0.29) is 23.6 Å². The van der Waals surface area contributed by atoms with Gasteiger partial charge in [0.1, 0.15) is 18.4 Å². The quantitative estimate of drug-likeness (QED) is 0.503. The summed E-state index contributed by atoms with van der Waals surface area (Å²) in [5, 5.41) is 2.94. The van der Waals surface area contributed by atoms with Gasteiger partial charge in [-0.15, -0.1) is 0 Å². The summed E-state index contributed by atoms with van der Waals surface area (Å²) in [6.45, 7) is 4.45. The van der Waals surface area contributed by atoms with E-state index in [1.54, 1.807) is 24.3 Å². The van der Waals surface area contributed by atoms with Gasteiger partial charge in [-0.3, -0.25) is 4.79 Å². The summed E-state index contributed by atoms with van der Waals surface area (Å²) >= 11 is 0. The Morgan fingerprint density at radius 2 is 1.58 bits per heavy atom. The van der Waals surface area contributed by atoms with Gasteiger partial charge in [0.05, 0.1) is 0 Å². The topological polar surface area (TPSA) is 88.0 Å². The highest BCUT2D eigenvalue weighted by molar-refractivity contribution is 5.78. The number of hydrogen-bond donors (Lipinski definition) is 3. The van der Waals surface area contributed by atoms with E-state index >= 15 is 0 Å². The maximum Gasteiger partial charge on any atom is 0.220 e. The van der Waals surface area contributed by atoms with Crippen molar-refractivity contribution in [3.05, 3.63) is 71.8 Å². The van der Waals surface area contributed by atoms with Crippen molar-refractivity contribution in [3.8, 4) is 22.5 Å². The normalized spacial score (nSPS) is 11.4. The van der Waals surface area contributed by atoms with Crippen LogP contribution in [0.4, 0.5) is 8.78 Å². The fraction of sp³-hybridized carbons (Fsp3) is 0.250. The van der Waals surface area contributed by atoms with Gasteiger partial charge < -0.3 is 20.8 Å². The number of aromatic amines is 1. The van der Waals surface area contributed by atoms with Crippen LogP contribution in [0, 0.1) is 11.6 Å². The maximum absolute atomic E-state index is 13.3. The van der Waals surface area contributed by atoms with Gasteiger partial charge >= 0.3 is 0 Å². The predicted octanol–water partition coefficient (Wildman–Crippen LogP) is 4.23. The number of carbonyl (C=O) groups is 2. The number of hydrogen-bond acceptors (Lipinski definition) is 3. The van der Waals surface area contributed by atoms with Gasteiger partial charge in [-0.1, -0.05) is 0 Å². The van der Waals surface area contributed by atoms with E-state index in [0.717, 1.165) is 34.5 Å². The second kappa shape index (κ2) is 11.8. The van der Waals surface area contributed by atoms with Crippen molar-refractivity contribution in [2.75, 3.05) is 6.54 Å². The average Bonchev–Trinajstić information content (AvgIpc) is 3.19. The fourth-order valence-electron chi connectivity index (χ4n) is 3.27. The molecule has 2 aromatic carbocycles. The van der Waals surface area contributed by atoms with E-state index in [1.807, 2.05) is 19.8 Å². The zero-order chi connectivity index (χ0) is 22.8. The monoisotopic (exact) mass is 427 g/mol. The summed E-state index contributed by atoms with van der Waals surface area (Å²) in [5.74, 6) is -0.656. The molecule has 1 unspecified atom stereocenters. The van der Waals surface area contributed by atoms with Crippen LogP contribution < -0.4 is 11.1 Å². The first-order valence-corrected chi connectivity index (χ1v) is 9.98. The number of amides is 1. The highest BCUT2D eigenvalue weighted by Gasteiger charge is 2.14. The molecule has 0 spiro atoms. The highest BCUT2D eigenvalue weighted by Crippen LogP contribution is 2.30. The molecule has 0 aliphatic heterocycles. The lowest BCUT2D eigenvalue weighted by Crippen LogP contribution is -2.34. The molecule has 3 aromatic rings. The number of aryl methyl sites for hydroxylation is 1. The van der Waals surface area contributed by atoms with Crippen molar-refractivity contribution in [1.82, 2.24) is 10.3 Å². The van der Waals surface area contributed by atoms with E-state index in [0.29, 0.717) is 19.4 Å². The minimum atomic E-state index is -0.311. The lowest BCUT2D eigenvalue weighted by Gasteiger charge is -2.12. The van der Waals surface area contributed by atoms with Gasteiger partial charge in [0.15, 0.2) is 0 Å². The van der Waals surface area contributed by atoms with Crippen molar-refractivity contribution in [2.45, 2.75) is 32.2 Å². The first-order valence-electron chi connectivity index (χ1n) is 9.98. The van der Waals surface area contributed by atoms with Crippen LogP contribution in [-0.4, -0.2) is 30.3 Å². The number of nitrogens with two attached hydrogens (primary N) is 1. The van der Waals surface area contributed by atoms with Crippen LogP contribution in [0.3, 0.4) is 0 Å². The van der Waals surface area contributed by atoms with Crippen LogP contribution in [0.15, 0.2) is 54.6 Å². The minimum Gasteiger partial charge on any atom is -0.354 e. The molecule has 164 valence electrons. The molecule has 4 N–H and O–H groups in total. The summed E-state index contributed by atoms with van der Waals surface area (Å²) in [6.07, 6.45) is 1.57. The number of benzene rings is 2. The smallest absolute Gasteiger partial charge is 0.220 e. The standard InChI is InChI=1S/C23H25F2N3O.CH2O/c1-15(12-13-26)27-22(29)11-6-18-14-21(16-2-7-19(24)8-3-16)28-23(18)17-4-9-20(25)10-5-17;1-2/h2-5,7-10,14-15,28H,6,11-13,26H2,1H3,(H,27,29);1H2. The lowest BCUT2D eigenvalue weighted by molar-refractivity contribution is -0.121. The fourth-order valence-corrected chi connectivity index (χ4v) is 3.27. The molecule has 7 heteroatoms. The predicted molar refractivity (Wildman–Crippen MR) is 118 cm³/mol. The zero-order valence-corrected chi connectivity index (χ0v) is 17.5. The SMILES string of the molecule is C=O.CC(CCN)NC(=O)CCc1cc(-c2ccc(F)cc2)[nH]c1-c1ccc(F)cc1. The number of aromatic nitrogens is 1. The van der Waals surface area contributed by atoms with Gasteiger partial charge in [0, 0.05) is 23.9 Å². The second-order valence-corrected chi connectivity index (χ2v) is 7.14. The molecule has 0 saturated carbocycles. The molecule has 0 saturated heterocycles. The molecule has 1 atom stereocenters. The number of H-pyrrole nitrogens is 1. The molecule has 1 aromatic heterocycles. The summed E-state index contributed by atoms with van der Waals surface area (Å²) in [7, 11) is 0. The minimum absolute atomic E-state index is 0.0325. The molecule has 0 fully saturated rings. The molecule has 31 heavy (non-hydrogen) atoms. The molecular formula is C24H27F2N3O2. The Morgan fingerprint density at radius 3 is 2.13 bits per heavy atom. The van der Waals surface area contributed by atoms with E-state index in [9.17, 15) is 13.6 Å². The van der Waals surface area contributed by atoms with Crippen LogP contribution in [0.1, 0.15) is 25.3 Å². The van der Waals surface area contributed by atoms with Crippen LogP contribution in [0.2, 0.25) is 0 Å². The van der Waals surface area contributed by atoms with Gasteiger partial charge in [-0.2, -0.15) is 0 Å². The van der Waals surface area contributed by atoms with Gasteiger partial charge in [-0.25, -0.2) is 8.78 Å². The molecule has 1 amide bonds. The largest absolute Gasteiger partial charge is 0.354 e. The molecule has 0 bridgehead atoms. The first kappa shape index (κ1) is 24.0. The van der Waals surface area contributed by atoms with Crippen LogP contribution in [0.25, 0.3) is 22.5 Å². The van der Waals surface area contributed by atoms with Crippen molar-refractivity contribution >= 4 is 12.7 Å². The molecule has 0 aliphatic carbocycles. The Morgan fingerprint density at radius 1 is 1.03 bits per heavy atom. The molecule has 0 aliphatic rings. The number of halogens is 2. The van der Waals surface area contributed by atoms with E-state index < -0.39 is 0 Å². The van der Waals surface area contributed by atoms with E-state index in [2.05, 4.69) is 10.3 Å². The van der Waals surface area contributed by atoms with Crippen LogP contribution >= 0.6 is 0 Å². The Hall–Kier alpha value is -3.32. The Balaban J connectivity index is 0.00000166. The number of rotatable bonds is 8. The number of carbonyl (C=O) groups excluding carboxylic acids is 2. The van der Waals surface area contributed by atoms with Gasteiger partial charge in [0.2, 0.25) is 5.91 Å². The summed E-state index contributed by atoms with van der Waals surface area (Å²) in [4.78, 5) is 23.6. The molecule has 1 heterocycles. The Labute approximate surface area is 180 Å². The summed E-state index contributed by atoms with van der Waals surface area (Å²) in [5.41, 5.74) is 9.77. The first-order chi connectivity index (χ1) is 15.0. The van der Waals surface area contributed by atoms with Gasteiger partial charge in [-0.05, 0) is 97.6 Å². The third-order valence-electron chi connectivity index (χ3n) is 4.82. The Kier molecular flexibility index (Phi) is 9.09. The van der Waals surface area contributed by atoms with Crippen LogP contribution in [-0.2, 0) is 16.0 Å². The van der Waals surface area contributed by atoms with E-state index in [4.69, 9.17) is 10.5 Å². The molecular weight excluding hydrogens is 400 g/mol. The van der Waals surface area contributed by atoms with Crippen molar-refractivity contribution in [1.29, 1.82) is 0 Å².